The zero-order chi connectivity index (χ0) is 24.8. The summed E-state index contributed by atoms with van der Waals surface area (Å²) in [6, 6.07) is 18.8. The molecule has 2 heterocycles. The van der Waals surface area contributed by atoms with Crippen molar-refractivity contribution in [3.8, 4) is 11.4 Å². The molecular formula is C29H38N4O2. The normalized spacial score (nSPS) is 15.5. The summed E-state index contributed by atoms with van der Waals surface area (Å²) < 4.78 is 5.58. The van der Waals surface area contributed by atoms with E-state index in [2.05, 4.69) is 60.0 Å². The summed E-state index contributed by atoms with van der Waals surface area (Å²) in [6.45, 7) is 12.8. The first-order valence-electron chi connectivity index (χ1n) is 12.6. The number of hydrogen-bond acceptors (Lipinski definition) is 6. The number of rotatable bonds is 9. The van der Waals surface area contributed by atoms with E-state index >= 15 is 0 Å². The van der Waals surface area contributed by atoms with Crippen molar-refractivity contribution >= 4 is 5.82 Å². The minimum Gasteiger partial charge on any atom is -0.389 e. The lowest BCUT2D eigenvalue weighted by atomic mass is 9.99. The number of anilines is 1. The molecule has 1 fully saturated rings. The monoisotopic (exact) mass is 474 g/mol. The molecule has 35 heavy (non-hydrogen) atoms. The number of hydrogen-bond donors (Lipinski definition) is 1. The van der Waals surface area contributed by atoms with Crippen LogP contribution in [0.25, 0.3) is 11.4 Å². The van der Waals surface area contributed by atoms with Gasteiger partial charge in [0.15, 0.2) is 5.82 Å². The second-order valence-electron chi connectivity index (χ2n) is 9.73. The van der Waals surface area contributed by atoms with Gasteiger partial charge in [-0.15, -0.1) is 0 Å². The minimum absolute atomic E-state index is 0.132. The highest BCUT2D eigenvalue weighted by molar-refractivity contribution is 5.61. The molecule has 0 radical (unpaired) electrons. The molecule has 1 atom stereocenters. The summed E-state index contributed by atoms with van der Waals surface area (Å²) in [6.07, 6.45) is 0.480. The Morgan fingerprint density at radius 3 is 2.29 bits per heavy atom. The molecule has 1 saturated heterocycles. The summed E-state index contributed by atoms with van der Waals surface area (Å²) >= 11 is 0. The molecule has 6 heteroatoms. The number of aromatic nitrogens is 2. The number of nitrogens with zero attached hydrogens (tertiary/aromatic N) is 4. The molecule has 0 amide bonds. The van der Waals surface area contributed by atoms with Crippen molar-refractivity contribution < 1.29 is 9.84 Å². The van der Waals surface area contributed by atoms with Gasteiger partial charge >= 0.3 is 0 Å². The van der Waals surface area contributed by atoms with Gasteiger partial charge < -0.3 is 14.7 Å². The van der Waals surface area contributed by atoms with Gasteiger partial charge in [0.1, 0.15) is 5.82 Å². The van der Waals surface area contributed by atoms with E-state index in [-0.39, 0.29) is 6.10 Å². The molecule has 6 nitrogen and oxygen atoms in total. The molecule has 0 saturated carbocycles. The van der Waals surface area contributed by atoms with Crippen LogP contribution in [-0.2, 0) is 11.2 Å². The number of aliphatic hydroxyl groups is 1. The van der Waals surface area contributed by atoms with E-state index in [9.17, 15) is 5.11 Å². The van der Waals surface area contributed by atoms with Crippen molar-refractivity contribution in [3.63, 3.8) is 0 Å². The molecular weight excluding hydrogens is 436 g/mol. The lowest BCUT2D eigenvalue weighted by Gasteiger charge is -2.37. The first-order chi connectivity index (χ1) is 16.9. The number of β-amino-alcohol motifs (C(OH)–C–C–N with tert-alkyl or cyclic N) is 1. The first-order valence-corrected chi connectivity index (χ1v) is 12.6. The Morgan fingerprint density at radius 2 is 1.60 bits per heavy atom. The van der Waals surface area contributed by atoms with E-state index in [0.29, 0.717) is 13.2 Å². The summed E-state index contributed by atoms with van der Waals surface area (Å²) in [5.41, 5.74) is 5.84. The van der Waals surface area contributed by atoms with Crippen molar-refractivity contribution in [1.82, 2.24) is 14.9 Å². The van der Waals surface area contributed by atoms with E-state index in [1.54, 1.807) is 0 Å². The predicted octanol–water partition coefficient (Wildman–Crippen LogP) is 4.26. The van der Waals surface area contributed by atoms with Crippen LogP contribution in [-0.4, -0.2) is 71.5 Å². The number of benzene rings is 2. The molecule has 186 valence electrons. The Morgan fingerprint density at radius 1 is 0.914 bits per heavy atom. The van der Waals surface area contributed by atoms with Crippen molar-refractivity contribution in [2.75, 3.05) is 44.2 Å². The van der Waals surface area contributed by atoms with Crippen LogP contribution < -0.4 is 4.90 Å². The van der Waals surface area contributed by atoms with Crippen molar-refractivity contribution in [1.29, 1.82) is 0 Å². The SMILES string of the molecule is Cc1ccccc1Cc1c(C)nc(-c2ccccc2)nc1N1CCN(C[C@H](O)COC(C)C)CC1. The van der Waals surface area contributed by atoms with Gasteiger partial charge in [-0.3, -0.25) is 4.90 Å². The third-order valence-electron chi connectivity index (χ3n) is 6.62. The standard InChI is InChI=1S/C29H38N4O2/c1-21(2)35-20-26(34)19-32-14-16-33(17-15-32)29-27(18-25-13-9-8-10-22(25)3)23(4)30-28(31-29)24-11-6-5-7-12-24/h5-13,21,26,34H,14-20H2,1-4H3/t26-/m0/s1. The largest absolute Gasteiger partial charge is 0.389 e. The van der Waals surface area contributed by atoms with Crippen LogP contribution in [0.5, 0.6) is 0 Å². The van der Waals surface area contributed by atoms with Crippen LogP contribution in [0, 0.1) is 13.8 Å². The van der Waals surface area contributed by atoms with E-state index < -0.39 is 6.10 Å². The highest BCUT2D eigenvalue weighted by atomic mass is 16.5. The maximum atomic E-state index is 10.4. The maximum Gasteiger partial charge on any atom is 0.161 e. The molecule has 0 spiro atoms. The fourth-order valence-corrected chi connectivity index (χ4v) is 4.56. The molecule has 2 aromatic carbocycles. The molecule has 0 unspecified atom stereocenters. The van der Waals surface area contributed by atoms with Gasteiger partial charge in [0.25, 0.3) is 0 Å². The van der Waals surface area contributed by atoms with Crippen LogP contribution in [0.4, 0.5) is 5.82 Å². The molecule has 1 N–H and O–H groups in total. The molecule has 4 rings (SSSR count). The highest BCUT2D eigenvalue weighted by Gasteiger charge is 2.24. The number of ether oxygens (including phenoxy) is 1. The van der Waals surface area contributed by atoms with E-state index in [1.165, 1.54) is 16.7 Å². The van der Waals surface area contributed by atoms with Crippen LogP contribution >= 0.6 is 0 Å². The molecule has 0 bridgehead atoms. The summed E-state index contributed by atoms with van der Waals surface area (Å²) in [5, 5.41) is 10.4. The minimum atomic E-state index is -0.466. The van der Waals surface area contributed by atoms with E-state index in [0.717, 1.165) is 55.5 Å². The Hall–Kier alpha value is -2.80. The second-order valence-corrected chi connectivity index (χ2v) is 9.73. The van der Waals surface area contributed by atoms with Gasteiger partial charge in [-0.2, -0.15) is 0 Å². The zero-order valence-electron chi connectivity index (χ0n) is 21.4. The van der Waals surface area contributed by atoms with Gasteiger partial charge in [0, 0.05) is 56.0 Å². The number of aliphatic hydroxyl groups excluding tert-OH is 1. The molecule has 0 aliphatic carbocycles. The Labute approximate surface area is 209 Å². The highest BCUT2D eigenvalue weighted by Crippen LogP contribution is 2.29. The Bertz CT molecular complexity index is 1100. The van der Waals surface area contributed by atoms with Crippen molar-refractivity contribution in [2.45, 2.75) is 46.3 Å². The van der Waals surface area contributed by atoms with Crippen molar-refractivity contribution in [3.05, 3.63) is 77.0 Å². The lowest BCUT2D eigenvalue weighted by Crippen LogP contribution is -2.49. The molecule has 1 aliphatic heterocycles. The second kappa shape index (κ2) is 11.8. The van der Waals surface area contributed by atoms with Gasteiger partial charge in [0.2, 0.25) is 0 Å². The number of piperazine rings is 1. The van der Waals surface area contributed by atoms with Gasteiger partial charge in [0.05, 0.1) is 18.8 Å². The smallest absolute Gasteiger partial charge is 0.161 e. The summed E-state index contributed by atoms with van der Waals surface area (Å²) in [7, 11) is 0. The quantitative estimate of drug-likeness (QED) is 0.500. The molecule has 1 aromatic heterocycles. The van der Waals surface area contributed by atoms with Crippen LogP contribution in [0.1, 0.15) is 36.2 Å². The lowest BCUT2D eigenvalue weighted by molar-refractivity contribution is -0.00901. The van der Waals surface area contributed by atoms with Gasteiger partial charge in [-0.1, -0.05) is 54.6 Å². The summed E-state index contributed by atoms with van der Waals surface area (Å²) in [4.78, 5) is 14.7. The summed E-state index contributed by atoms with van der Waals surface area (Å²) in [5.74, 6) is 1.80. The third kappa shape index (κ3) is 6.66. The van der Waals surface area contributed by atoms with Crippen LogP contribution in [0.3, 0.4) is 0 Å². The average molecular weight is 475 g/mol. The molecule has 3 aromatic rings. The van der Waals surface area contributed by atoms with Crippen LogP contribution in [0.2, 0.25) is 0 Å². The van der Waals surface area contributed by atoms with Crippen LogP contribution in [0.15, 0.2) is 54.6 Å². The van der Waals surface area contributed by atoms with E-state index in [1.807, 2.05) is 32.0 Å². The first kappa shape index (κ1) is 25.3. The fourth-order valence-electron chi connectivity index (χ4n) is 4.56. The Balaban J connectivity index is 1.56. The third-order valence-corrected chi connectivity index (χ3v) is 6.62. The predicted molar refractivity (Wildman–Crippen MR) is 142 cm³/mol. The van der Waals surface area contributed by atoms with Gasteiger partial charge in [-0.05, 0) is 38.8 Å². The topological polar surface area (TPSA) is 61.7 Å². The number of aryl methyl sites for hydroxylation is 2. The zero-order valence-corrected chi connectivity index (χ0v) is 21.4. The fraction of sp³-hybridized carbons (Fsp3) is 0.448. The van der Waals surface area contributed by atoms with Crippen molar-refractivity contribution in [2.24, 2.45) is 0 Å². The Kier molecular flexibility index (Phi) is 8.50. The van der Waals surface area contributed by atoms with E-state index in [4.69, 9.17) is 14.7 Å². The average Bonchev–Trinajstić information content (AvgIpc) is 2.86. The van der Waals surface area contributed by atoms with Gasteiger partial charge in [-0.25, -0.2) is 9.97 Å². The maximum absolute atomic E-state index is 10.4. The molecule has 1 aliphatic rings.